The van der Waals surface area contributed by atoms with Gasteiger partial charge in [0.05, 0.1) is 18.8 Å². The van der Waals surface area contributed by atoms with Crippen LogP contribution in [0, 0.1) is 0 Å². The third kappa shape index (κ3) is 2.52. The predicted molar refractivity (Wildman–Crippen MR) is 79.4 cm³/mol. The minimum Gasteiger partial charge on any atom is -0.495 e. The van der Waals surface area contributed by atoms with Gasteiger partial charge in [-0.2, -0.15) is 0 Å². The standard InChI is InChI=1S/C16H22N2O2/c1-20-16-8-3-2-5-14(16)18-11-9-17(10-12-18)13-6-4-7-15(13)19/h2-3,5,8,13H,4,6-7,9-12H2,1H3. The van der Waals surface area contributed by atoms with Gasteiger partial charge in [0.1, 0.15) is 11.5 Å². The van der Waals surface area contributed by atoms with Gasteiger partial charge in [-0.1, -0.05) is 12.1 Å². The molecule has 1 aliphatic carbocycles. The lowest BCUT2D eigenvalue weighted by atomic mass is 10.1. The molecule has 0 spiro atoms. The van der Waals surface area contributed by atoms with Crippen molar-refractivity contribution in [3.63, 3.8) is 0 Å². The van der Waals surface area contributed by atoms with E-state index in [1.54, 1.807) is 7.11 Å². The highest BCUT2D eigenvalue weighted by Crippen LogP contribution is 2.29. The highest BCUT2D eigenvalue weighted by molar-refractivity contribution is 5.85. The Kier molecular flexibility index (Phi) is 3.92. The van der Waals surface area contributed by atoms with Gasteiger partial charge < -0.3 is 9.64 Å². The summed E-state index contributed by atoms with van der Waals surface area (Å²) < 4.78 is 5.43. The van der Waals surface area contributed by atoms with E-state index in [0.29, 0.717) is 5.78 Å². The lowest BCUT2D eigenvalue weighted by Gasteiger charge is -2.38. The van der Waals surface area contributed by atoms with E-state index in [9.17, 15) is 4.79 Å². The molecule has 4 nitrogen and oxygen atoms in total. The van der Waals surface area contributed by atoms with Crippen molar-refractivity contribution in [2.75, 3.05) is 38.2 Å². The van der Waals surface area contributed by atoms with E-state index in [0.717, 1.165) is 56.9 Å². The van der Waals surface area contributed by atoms with Gasteiger partial charge in [-0.25, -0.2) is 0 Å². The normalized spacial score (nSPS) is 24.1. The molecule has 0 amide bonds. The van der Waals surface area contributed by atoms with Crippen LogP contribution in [0.5, 0.6) is 5.75 Å². The summed E-state index contributed by atoms with van der Waals surface area (Å²) in [6, 6.07) is 8.34. The second-order valence-electron chi connectivity index (χ2n) is 5.57. The molecule has 1 saturated heterocycles. The molecular weight excluding hydrogens is 252 g/mol. The summed E-state index contributed by atoms with van der Waals surface area (Å²) in [5.41, 5.74) is 1.16. The van der Waals surface area contributed by atoms with Crippen LogP contribution in [0.25, 0.3) is 0 Å². The predicted octanol–water partition coefficient (Wildman–Crippen LogP) is 1.94. The zero-order valence-corrected chi connectivity index (χ0v) is 12.0. The van der Waals surface area contributed by atoms with E-state index >= 15 is 0 Å². The number of rotatable bonds is 3. The summed E-state index contributed by atoms with van der Waals surface area (Å²) in [5.74, 6) is 1.37. The van der Waals surface area contributed by atoms with Gasteiger partial charge in [-0.05, 0) is 25.0 Å². The van der Waals surface area contributed by atoms with Crippen molar-refractivity contribution in [3.8, 4) is 5.75 Å². The summed E-state index contributed by atoms with van der Waals surface area (Å²) in [6.07, 6.45) is 2.89. The SMILES string of the molecule is COc1ccccc1N1CCN(C2CCCC2=O)CC1. The second-order valence-corrected chi connectivity index (χ2v) is 5.57. The number of anilines is 1. The monoisotopic (exact) mass is 274 g/mol. The number of hydrogen-bond acceptors (Lipinski definition) is 4. The van der Waals surface area contributed by atoms with E-state index < -0.39 is 0 Å². The Morgan fingerprint density at radius 3 is 2.55 bits per heavy atom. The van der Waals surface area contributed by atoms with Crippen LogP contribution in [0.3, 0.4) is 0 Å². The van der Waals surface area contributed by atoms with Gasteiger partial charge in [0, 0.05) is 32.6 Å². The van der Waals surface area contributed by atoms with Gasteiger partial charge >= 0.3 is 0 Å². The summed E-state index contributed by atoms with van der Waals surface area (Å²) in [4.78, 5) is 16.6. The van der Waals surface area contributed by atoms with Crippen molar-refractivity contribution in [3.05, 3.63) is 24.3 Å². The number of para-hydroxylation sites is 2. The molecule has 1 unspecified atom stereocenters. The Morgan fingerprint density at radius 1 is 1.15 bits per heavy atom. The molecule has 0 N–H and O–H groups in total. The molecule has 0 radical (unpaired) electrons. The molecule has 4 heteroatoms. The fourth-order valence-electron chi connectivity index (χ4n) is 3.35. The number of carbonyl (C=O) groups excluding carboxylic acids is 1. The Hall–Kier alpha value is -1.55. The molecular formula is C16H22N2O2. The van der Waals surface area contributed by atoms with E-state index in [1.165, 1.54) is 0 Å². The van der Waals surface area contributed by atoms with Gasteiger partial charge in [-0.3, -0.25) is 9.69 Å². The van der Waals surface area contributed by atoms with Gasteiger partial charge in [-0.15, -0.1) is 0 Å². The molecule has 0 aromatic heterocycles. The van der Waals surface area contributed by atoms with E-state index in [1.807, 2.05) is 18.2 Å². The number of ether oxygens (including phenoxy) is 1. The maximum Gasteiger partial charge on any atom is 0.149 e. The van der Waals surface area contributed by atoms with E-state index in [-0.39, 0.29) is 6.04 Å². The van der Waals surface area contributed by atoms with Crippen molar-refractivity contribution in [1.82, 2.24) is 4.90 Å². The van der Waals surface area contributed by atoms with Crippen molar-refractivity contribution in [2.45, 2.75) is 25.3 Å². The quantitative estimate of drug-likeness (QED) is 0.843. The van der Waals surface area contributed by atoms with E-state index in [4.69, 9.17) is 4.74 Å². The summed E-state index contributed by atoms with van der Waals surface area (Å²) >= 11 is 0. The van der Waals surface area contributed by atoms with Crippen molar-refractivity contribution in [1.29, 1.82) is 0 Å². The fourth-order valence-corrected chi connectivity index (χ4v) is 3.35. The molecule has 20 heavy (non-hydrogen) atoms. The second kappa shape index (κ2) is 5.83. The number of piperazine rings is 1. The molecule has 2 aliphatic rings. The Morgan fingerprint density at radius 2 is 1.90 bits per heavy atom. The maximum atomic E-state index is 11.9. The number of carbonyl (C=O) groups is 1. The Balaban J connectivity index is 1.65. The molecule has 1 aromatic carbocycles. The number of nitrogens with zero attached hydrogens (tertiary/aromatic N) is 2. The first kappa shape index (κ1) is 13.4. The number of benzene rings is 1. The zero-order valence-electron chi connectivity index (χ0n) is 12.0. The van der Waals surface area contributed by atoms with Crippen molar-refractivity contribution < 1.29 is 9.53 Å². The van der Waals surface area contributed by atoms with Crippen LogP contribution in [0.15, 0.2) is 24.3 Å². The highest BCUT2D eigenvalue weighted by Gasteiger charge is 2.32. The van der Waals surface area contributed by atoms with Crippen LogP contribution in [0.2, 0.25) is 0 Å². The smallest absolute Gasteiger partial charge is 0.149 e. The average molecular weight is 274 g/mol. The van der Waals surface area contributed by atoms with Crippen LogP contribution in [0.4, 0.5) is 5.69 Å². The van der Waals surface area contributed by atoms with Crippen LogP contribution in [-0.2, 0) is 4.79 Å². The molecule has 1 heterocycles. The summed E-state index contributed by atoms with van der Waals surface area (Å²) in [5, 5.41) is 0. The van der Waals surface area contributed by atoms with Crippen LogP contribution < -0.4 is 9.64 Å². The summed E-state index contributed by atoms with van der Waals surface area (Å²) in [6.45, 7) is 3.86. The molecule has 108 valence electrons. The van der Waals surface area contributed by atoms with Crippen molar-refractivity contribution in [2.24, 2.45) is 0 Å². The zero-order chi connectivity index (χ0) is 13.9. The molecule has 1 aliphatic heterocycles. The number of methoxy groups -OCH3 is 1. The van der Waals surface area contributed by atoms with Gasteiger partial charge in [0.2, 0.25) is 0 Å². The van der Waals surface area contributed by atoms with E-state index in [2.05, 4.69) is 15.9 Å². The Labute approximate surface area is 120 Å². The molecule has 1 atom stereocenters. The molecule has 1 aromatic rings. The first-order valence-corrected chi connectivity index (χ1v) is 7.44. The van der Waals surface area contributed by atoms with Gasteiger partial charge in [0.15, 0.2) is 0 Å². The number of ketones is 1. The third-order valence-corrected chi connectivity index (χ3v) is 4.45. The average Bonchev–Trinajstić information content (AvgIpc) is 2.93. The molecule has 2 fully saturated rings. The van der Waals surface area contributed by atoms with Gasteiger partial charge in [0.25, 0.3) is 0 Å². The maximum absolute atomic E-state index is 11.9. The minimum atomic E-state index is 0.190. The largest absolute Gasteiger partial charge is 0.495 e. The number of hydrogen-bond donors (Lipinski definition) is 0. The molecule has 1 saturated carbocycles. The molecule has 3 rings (SSSR count). The first-order valence-electron chi connectivity index (χ1n) is 7.44. The van der Waals surface area contributed by atoms with Crippen LogP contribution in [0.1, 0.15) is 19.3 Å². The number of Topliss-reactive ketones (excluding diaryl/α,β-unsaturated/α-hetero) is 1. The molecule has 0 bridgehead atoms. The first-order chi connectivity index (χ1) is 9.79. The van der Waals surface area contributed by atoms with Crippen LogP contribution in [-0.4, -0.2) is 50.0 Å². The third-order valence-electron chi connectivity index (χ3n) is 4.45. The lowest BCUT2D eigenvalue weighted by molar-refractivity contribution is -0.122. The Bertz CT molecular complexity index is 481. The lowest BCUT2D eigenvalue weighted by Crippen LogP contribution is -2.51. The van der Waals surface area contributed by atoms with Crippen LogP contribution >= 0.6 is 0 Å². The summed E-state index contributed by atoms with van der Waals surface area (Å²) in [7, 11) is 1.71. The highest BCUT2D eigenvalue weighted by atomic mass is 16.5. The fraction of sp³-hybridized carbons (Fsp3) is 0.562. The van der Waals surface area contributed by atoms with Crippen molar-refractivity contribution >= 4 is 11.5 Å². The topological polar surface area (TPSA) is 32.8 Å². The minimum absolute atomic E-state index is 0.190.